The molecule has 3 rings (SSSR count). The molecule has 2 heterocycles. The first-order chi connectivity index (χ1) is 10.6. The van der Waals surface area contributed by atoms with E-state index in [4.69, 9.17) is 13.9 Å². The molecule has 6 nitrogen and oxygen atoms in total. The third kappa shape index (κ3) is 3.07. The lowest BCUT2D eigenvalue weighted by atomic mass is 10.2. The van der Waals surface area contributed by atoms with E-state index in [1.807, 2.05) is 12.1 Å². The maximum atomic E-state index is 12.1. The number of carbonyl (C=O) groups excluding carboxylic acids is 1. The van der Waals surface area contributed by atoms with Gasteiger partial charge in [-0.15, -0.1) is 0 Å². The van der Waals surface area contributed by atoms with Crippen molar-refractivity contribution in [1.82, 2.24) is 5.32 Å². The van der Waals surface area contributed by atoms with Crippen molar-refractivity contribution >= 4 is 5.91 Å². The molecule has 1 aromatic heterocycles. The van der Waals surface area contributed by atoms with E-state index in [1.165, 1.54) is 0 Å². The molecule has 0 bridgehead atoms. The summed E-state index contributed by atoms with van der Waals surface area (Å²) >= 11 is 0. The second-order valence-corrected chi connectivity index (χ2v) is 5.07. The van der Waals surface area contributed by atoms with Crippen molar-refractivity contribution in [3.8, 4) is 11.5 Å². The van der Waals surface area contributed by atoms with E-state index >= 15 is 0 Å². The number of carbonyl (C=O) groups is 1. The van der Waals surface area contributed by atoms with E-state index in [0.29, 0.717) is 23.0 Å². The topological polar surface area (TPSA) is 80.9 Å². The van der Waals surface area contributed by atoms with Crippen molar-refractivity contribution in [2.24, 2.45) is 0 Å². The third-order valence-electron chi connectivity index (χ3n) is 3.36. The Morgan fingerprint density at radius 3 is 2.82 bits per heavy atom. The van der Waals surface area contributed by atoms with Crippen LogP contribution < -0.4 is 14.8 Å². The van der Waals surface area contributed by atoms with Crippen LogP contribution in [-0.2, 0) is 4.79 Å². The monoisotopic (exact) mass is 303 g/mol. The van der Waals surface area contributed by atoms with Gasteiger partial charge in [0, 0.05) is 0 Å². The minimum atomic E-state index is -0.894. The number of nitrogens with one attached hydrogen (secondary N) is 1. The number of ether oxygens (including phenoxy) is 2. The zero-order valence-corrected chi connectivity index (χ0v) is 12.1. The largest absolute Gasteiger partial charge is 0.485 e. The summed E-state index contributed by atoms with van der Waals surface area (Å²) in [6.07, 6.45) is -1.63. The van der Waals surface area contributed by atoms with Crippen LogP contribution in [0.25, 0.3) is 0 Å². The summed E-state index contributed by atoms with van der Waals surface area (Å²) < 4.78 is 16.4. The van der Waals surface area contributed by atoms with Crippen LogP contribution >= 0.6 is 0 Å². The minimum Gasteiger partial charge on any atom is -0.485 e. The van der Waals surface area contributed by atoms with E-state index in [2.05, 4.69) is 5.32 Å². The molecule has 0 spiro atoms. The van der Waals surface area contributed by atoms with Crippen LogP contribution in [-0.4, -0.2) is 30.3 Å². The quantitative estimate of drug-likeness (QED) is 0.896. The predicted molar refractivity (Wildman–Crippen MR) is 77.8 cm³/mol. The number of aryl methyl sites for hydroxylation is 1. The molecule has 1 aliphatic heterocycles. The van der Waals surface area contributed by atoms with Crippen molar-refractivity contribution in [3.63, 3.8) is 0 Å². The SMILES string of the molecule is Cc1ccc([C@@H](O)CNC(=O)[C@@H]2COc3ccccc3O2)o1. The molecule has 22 heavy (non-hydrogen) atoms. The first kappa shape index (κ1) is 14.5. The van der Waals surface area contributed by atoms with Crippen LogP contribution in [0.2, 0.25) is 0 Å². The molecule has 2 atom stereocenters. The highest BCUT2D eigenvalue weighted by Gasteiger charge is 2.27. The zero-order chi connectivity index (χ0) is 15.5. The Balaban J connectivity index is 1.55. The summed E-state index contributed by atoms with van der Waals surface area (Å²) in [5.41, 5.74) is 0. The van der Waals surface area contributed by atoms with Gasteiger partial charge < -0.3 is 24.3 Å². The van der Waals surface area contributed by atoms with Gasteiger partial charge >= 0.3 is 0 Å². The van der Waals surface area contributed by atoms with E-state index in [-0.39, 0.29) is 19.1 Å². The molecule has 1 aliphatic rings. The first-order valence-electron chi connectivity index (χ1n) is 7.04. The van der Waals surface area contributed by atoms with E-state index in [9.17, 15) is 9.90 Å². The Bertz CT molecular complexity index is 666. The third-order valence-corrected chi connectivity index (χ3v) is 3.36. The number of benzene rings is 1. The minimum absolute atomic E-state index is 0.0489. The number of amides is 1. The smallest absolute Gasteiger partial charge is 0.264 e. The molecule has 0 aliphatic carbocycles. The second kappa shape index (κ2) is 6.11. The summed E-state index contributed by atoms with van der Waals surface area (Å²) in [5, 5.41) is 12.6. The fourth-order valence-corrected chi connectivity index (χ4v) is 2.19. The van der Waals surface area contributed by atoms with Crippen LogP contribution in [0.3, 0.4) is 0 Å². The molecule has 1 amide bonds. The standard InChI is InChI=1S/C16H17NO5/c1-10-6-7-12(21-10)11(18)8-17-16(19)15-9-20-13-4-2-3-5-14(13)22-15/h2-7,11,15,18H,8-9H2,1H3,(H,17,19)/t11-,15-/m0/s1. The first-order valence-corrected chi connectivity index (χ1v) is 7.04. The normalized spacial score (nSPS) is 17.8. The van der Waals surface area contributed by atoms with Crippen molar-refractivity contribution in [3.05, 3.63) is 47.9 Å². The van der Waals surface area contributed by atoms with Crippen molar-refractivity contribution in [2.45, 2.75) is 19.1 Å². The molecule has 0 radical (unpaired) electrons. The number of para-hydroxylation sites is 2. The molecule has 116 valence electrons. The highest BCUT2D eigenvalue weighted by molar-refractivity contribution is 5.81. The molecule has 0 saturated carbocycles. The van der Waals surface area contributed by atoms with Gasteiger partial charge in [0.25, 0.3) is 5.91 Å². The molecule has 1 aromatic carbocycles. The summed E-state index contributed by atoms with van der Waals surface area (Å²) in [7, 11) is 0. The lowest BCUT2D eigenvalue weighted by Crippen LogP contribution is -2.45. The Kier molecular flexibility index (Phi) is 4.02. The maximum absolute atomic E-state index is 12.1. The van der Waals surface area contributed by atoms with Gasteiger partial charge in [0.05, 0.1) is 6.54 Å². The van der Waals surface area contributed by atoms with Crippen molar-refractivity contribution in [2.75, 3.05) is 13.2 Å². The summed E-state index contributed by atoms with van der Waals surface area (Å²) in [6.45, 7) is 1.98. The van der Waals surface area contributed by atoms with E-state index in [0.717, 1.165) is 0 Å². The Labute approximate surface area is 127 Å². The van der Waals surface area contributed by atoms with E-state index in [1.54, 1.807) is 31.2 Å². The lowest BCUT2D eigenvalue weighted by Gasteiger charge is -2.25. The highest BCUT2D eigenvalue weighted by atomic mass is 16.6. The molecule has 0 saturated heterocycles. The van der Waals surface area contributed by atoms with Gasteiger partial charge in [0.15, 0.2) is 11.5 Å². The highest BCUT2D eigenvalue weighted by Crippen LogP contribution is 2.30. The molecule has 0 unspecified atom stereocenters. The van der Waals surface area contributed by atoms with Crippen LogP contribution in [0.15, 0.2) is 40.8 Å². The van der Waals surface area contributed by atoms with Gasteiger partial charge in [0.1, 0.15) is 24.2 Å². The lowest BCUT2D eigenvalue weighted by molar-refractivity contribution is -0.130. The number of hydrogen-bond donors (Lipinski definition) is 2. The van der Waals surface area contributed by atoms with Gasteiger partial charge in [-0.25, -0.2) is 0 Å². The number of aliphatic hydroxyl groups excluding tert-OH is 1. The van der Waals surface area contributed by atoms with Crippen LogP contribution in [0.4, 0.5) is 0 Å². The summed E-state index contributed by atoms with van der Waals surface area (Å²) in [6, 6.07) is 10.6. The fourth-order valence-electron chi connectivity index (χ4n) is 2.19. The van der Waals surface area contributed by atoms with Gasteiger partial charge in [-0.05, 0) is 31.2 Å². The molecule has 2 aromatic rings. The van der Waals surface area contributed by atoms with Crippen molar-refractivity contribution < 1.29 is 23.8 Å². The molecule has 2 N–H and O–H groups in total. The summed E-state index contributed by atoms with van der Waals surface area (Å²) in [4.78, 5) is 12.1. The molecule has 6 heteroatoms. The maximum Gasteiger partial charge on any atom is 0.264 e. The number of aliphatic hydroxyl groups is 1. The van der Waals surface area contributed by atoms with Gasteiger partial charge in [-0.2, -0.15) is 0 Å². The van der Waals surface area contributed by atoms with Crippen LogP contribution in [0.1, 0.15) is 17.6 Å². The van der Waals surface area contributed by atoms with Crippen LogP contribution in [0.5, 0.6) is 11.5 Å². The molecular weight excluding hydrogens is 286 g/mol. The molecular formula is C16H17NO5. The Morgan fingerprint density at radius 1 is 1.32 bits per heavy atom. The van der Waals surface area contributed by atoms with Gasteiger partial charge in [-0.3, -0.25) is 4.79 Å². The number of furan rings is 1. The average Bonchev–Trinajstić information content (AvgIpc) is 2.98. The summed E-state index contributed by atoms with van der Waals surface area (Å²) in [5.74, 6) is 1.95. The van der Waals surface area contributed by atoms with E-state index < -0.39 is 12.2 Å². The van der Waals surface area contributed by atoms with Gasteiger partial charge in [-0.1, -0.05) is 12.1 Å². The fraction of sp³-hybridized carbons (Fsp3) is 0.312. The second-order valence-electron chi connectivity index (χ2n) is 5.07. The van der Waals surface area contributed by atoms with Crippen molar-refractivity contribution in [1.29, 1.82) is 0 Å². The number of rotatable bonds is 4. The number of fused-ring (bicyclic) bond motifs is 1. The van der Waals surface area contributed by atoms with Crippen LogP contribution in [0, 0.1) is 6.92 Å². The average molecular weight is 303 g/mol. The zero-order valence-electron chi connectivity index (χ0n) is 12.1. The number of hydrogen-bond acceptors (Lipinski definition) is 5. The molecule has 0 fully saturated rings. The Morgan fingerprint density at radius 2 is 2.09 bits per heavy atom. The van der Waals surface area contributed by atoms with Gasteiger partial charge in [0.2, 0.25) is 6.10 Å². The predicted octanol–water partition coefficient (Wildman–Crippen LogP) is 1.58. The Hall–Kier alpha value is -2.47.